The van der Waals surface area contributed by atoms with E-state index in [9.17, 15) is 5.21 Å². The van der Waals surface area contributed by atoms with E-state index in [0.717, 1.165) is 12.3 Å². The maximum atomic E-state index is 9.43. The van der Waals surface area contributed by atoms with Crippen LogP contribution < -0.4 is 0 Å². The first-order valence-corrected chi connectivity index (χ1v) is 8.19. The van der Waals surface area contributed by atoms with Crippen molar-refractivity contribution in [2.45, 2.75) is 69.9 Å². The van der Waals surface area contributed by atoms with Crippen LogP contribution >= 0.6 is 0 Å². The van der Waals surface area contributed by atoms with Gasteiger partial charge >= 0.3 is 0 Å². The van der Waals surface area contributed by atoms with Crippen molar-refractivity contribution in [3.05, 3.63) is 0 Å². The third-order valence-electron chi connectivity index (χ3n) is 5.64. The fourth-order valence-corrected chi connectivity index (χ4v) is 4.78. The number of nitrogens with zero attached hydrogens (tertiary/aromatic N) is 3. The van der Waals surface area contributed by atoms with E-state index >= 15 is 0 Å². The summed E-state index contributed by atoms with van der Waals surface area (Å²) in [6, 6.07) is 3.20. The van der Waals surface area contributed by atoms with E-state index in [2.05, 4.69) is 16.1 Å². The smallest absolute Gasteiger partial charge is 0.0775 e. The predicted molar refractivity (Wildman–Crippen MR) is 77.6 cm³/mol. The molecule has 0 aromatic rings. The summed E-state index contributed by atoms with van der Waals surface area (Å²) >= 11 is 0. The molecule has 2 bridgehead atoms. The molecule has 3 aliphatic rings. The highest BCUT2D eigenvalue weighted by atomic mass is 16.4. The quantitative estimate of drug-likeness (QED) is 0.633. The molecule has 0 spiro atoms. The van der Waals surface area contributed by atoms with Crippen LogP contribution in [-0.2, 0) is 0 Å². The predicted octanol–water partition coefficient (Wildman–Crippen LogP) is 3.16. The lowest BCUT2D eigenvalue weighted by Crippen LogP contribution is -2.51. The van der Waals surface area contributed by atoms with Crippen LogP contribution in [0.1, 0.15) is 57.8 Å². The van der Waals surface area contributed by atoms with Gasteiger partial charge in [-0.25, -0.2) is 0 Å². The summed E-state index contributed by atoms with van der Waals surface area (Å²) < 4.78 is 0. The van der Waals surface area contributed by atoms with Crippen LogP contribution in [0, 0.1) is 23.2 Å². The summed E-state index contributed by atoms with van der Waals surface area (Å²) in [7, 11) is 0. The summed E-state index contributed by atoms with van der Waals surface area (Å²) in [6.07, 6.45) is 10.7. The lowest BCUT2D eigenvalue weighted by Gasteiger charge is -2.41. The van der Waals surface area contributed by atoms with Gasteiger partial charge in [0.25, 0.3) is 0 Å². The Labute approximate surface area is 121 Å². The van der Waals surface area contributed by atoms with Crippen LogP contribution in [0.4, 0.5) is 0 Å². The Morgan fingerprint density at radius 2 is 2.00 bits per heavy atom. The zero-order valence-electron chi connectivity index (χ0n) is 12.2. The van der Waals surface area contributed by atoms with E-state index in [4.69, 9.17) is 5.26 Å². The van der Waals surface area contributed by atoms with Gasteiger partial charge in [0, 0.05) is 24.9 Å². The van der Waals surface area contributed by atoms with Crippen LogP contribution in [0.5, 0.6) is 0 Å². The third-order valence-corrected chi connectivity index (χ3v) is 5.64. The number of fused-ring (bicyclic) bond motifs is 2. The first kappa shape index (κ1) is 13.9. The zero-order chi connectivity index (χ0) is 13.9. The summed E-state index contributed by atoms with van der Waals surface area (Å²) in [5.41, 5.74) is 1.02. The number of oxime groups is 1. The highest BCUT2D eigenvalue weighted by molar-refractivity contribution is 5.94. The minimum absolute atomic E-state index is 0.315. The minimum Gasteiger partial charge on any atom is -0.411 e. The fraction of sp³-hybridized carbons (Fsp3) is 0.875. The van der Waals surface area contributed by atoms with E-state index in [1.54, 1.807) is 0 Å². The number of hydrogen-bond acceptors (Lipinski definition) is 4. The molecule has 0 aromatic carbocycles. The summed E-state index contributed by atoms with van der Waals surface area (Å²) in [5.74, 6) is 1.16. The highest BCUT2D eigenvalue weighted by Gasteiger charge is 2.49. The second kappa shape index (κ2) is 6.13. The summed E-state index contributed by atoms with van der Waals surface area (Å²) in [5, 5.41) is 22.1. The van der Waals surface area contributed by atoms with Gasteiger partial charge in [-0.1, -0.05) is 24.4 Å². The number of nitriles is 1. The van der Waals surface area contributed by atoms with Crippen LogP contribution in [-0.4, -0.2) is 34.4 Å². The standard InChI is InChI=1S/C16H25N3O/c17-9-4-10-19(14-5-2-1-3-6-14)16-13-8-7-12(11-13)15(16)18-20/h12-14,16,20H,1-8,10-11H2/b18-15+. The van der Waals surface area contributed by atoms with Gasteiger partial charge in [-0.05, 0) is 38.0 Å². The largest absolute Gasteiger partial charge is 0.411 e. The van der Waals surface area contributed by atoms with E-state index in [1.165, 1.54) is 51.4 Å². The Kier molecular flexibility index (Phi) is 4.26. The van der Waals surface area contributed by atoms with Crippen molar-refractivity contribution in [1.29, 1.82) is 5.26 Å². The van der Waals surface area contributed by atoms with Gasteiger partial charge in [-0.3, -0.25) is 4.90 Å². The molecular formula is C16H25N3O. The van der Waals surface area contributed by atoms with Gasteiger partial charge in [0.2, 0.25) is 0 Å². The number of rotatable bonds is 4. The Morgan fingerprint density at radius 3 is 2.70 bits per heavy atom. The molecule has 3 atom stereocenters. The maximum absolute atomic E-state index is 9.43. The van der Waals surface area contributed by atoms with Crippen molar-refractivity contribution in [3.8, 4) is 6.07 Å². The van der Waals surface area contributed by atoms with Gasteiger partial charge in [0.05, 0.1) is 17.8 Å². The molecule has 3 unspecified atom stereocenters. The van der Waals surface area contributed by atoms with Gasteiger partial charge < -0.3 is 5.21 Å². The SMILES string of the molecule is N#CCCN(C1CCCCC1)C1/C(=N/O)C2CCC1C2. The normalized spacial score (nSPS) is 35.8. The van der Waals surface area contributed by atoms with Crippen LogP contribution in [0.3, 0.4) is 0 Å². The van der Waals surface area contributed by atoms with Crippen molar-refractivity contribution in [2.75, 3.05) is 6.54 Å². The Morgan fingerprint density at radius 1 is 1.20 bits per heavy atom. The van der Waals surface area contributed by atoms with Crippen molar-refractivity contribution in [3.63, 3.8) is 0 Å². The monoisotopic (exact) mass is 275 g/mol. The molecule has 0 saturated heterocycles. The van der Waals surface area contributed by atoms with Crippen molar-refractivity contribution >= 4 is 5.71 Å². The molecule has 0 radical (unpaired) electrons. The molecule has 20 heavy (non-hydrogen) atoms. The van der Waals surface area contributed by atoms with Crippen LogP contribution in [0.25, 0.3) is 0 Å². The lowest BCUT2D eigenvalue weighted by molar-refractivity contribution is 0.109. The van der Waals surface area contributed by atoms with Gasteiger partial charge in [0.1, 0.15) is 0 Å². The van der Waals surface area contributed by atoms with Crippen LogP contribution in [0.15, 0.2) is 5.16 Å². The first-order chi connectivity index (χ1) is 9.85. The average molecular weight is 275 g/mol. The third kappa shape index (κ3) is 2.44. The average Bonchev–Trinajstić information content (AvgIpc) is 3.10. The topological polar surface area (TPSA) is 59.6 Å². The Bertz CT molecular complexity index is 408. The first-order valence-electron chi connectivity index (χ1n) is 8.19. The Balaban J connectivity index is 1.79. The van der Waals surface area contributed by atoms with Gasteiger partial charge in [-0.15, -0.1) is 0 Å². The summed E-state index contributed by atoms with van der Waals surface area (Å²) in [4.78, 5) is 2.53. The molecule has 0 heterocycles. The van der Waals surface area contributed by atoms with E-state index in [-0.39, 0.29) is 0 Å². The molecule has 110 valence electrons. The van der Waals surface area contributed by atoms with Gasteiger partial charge in [0.15, 0.2) is 0 Å². The fourth-order valence-electron chi connectivity index (χ4n) is 4.78. The van der Waals surface area contributed by atoms with Crippen LogP contribution in [0.2, 0.25) is 0 Å². The molecule has 0 aromatic heterocycles. The van der Waals surface area contributed by atoms with Gasteiger partial charge in [-0.2, -0.15) is 5.26 Å². The van der Waals surface area contributed by atoms with E-state index in [1.807, 2.05) is 0 Å². The van der Waals surface area contributed by atoms with Crippen molar-refractivity contribution in [2.24, 2.45) is 17.0 Å². The molecule has 3 fully saturated rings. The molecule has 4 heteroatoms. The molecule has 3 saturated carbocycles. The molecular weight excluding hydrogens is 250 g/mol. The molecule has 4 nitrogen and oxygen atoms in total. The summed E-state index contributed by atoms with van der Waals surface area (Å²) in [6.45, 7) is 0.841. The Hall–Kier alpha value is -1.08. The molecule has 0 amide bonds. The highest BCUT2D eigenvalue weighted by Crippen LogP contribution is 2.46. The lowest BCUT2D eigenvalue weighted by atomic mass is 9.87. The molecule has 1 N–H and O–H groups in total. The van der Waals surface area contributed by atoms with Crippen molar-refractivity contribution < 1.29 is 5.21 Å². The zero-order valence-corrected chi connectivity index (χ0v) is 12.2. The second-order valence-electron chi connectivity index (χ2n) is 6.68. The minimum atomic E-state index is 0.315. The molecule has 0 aliphatic heterocycles. The van der Waals surface area contributed by atoms with E-state index in [0.29, 0.717) is 30.3 Å². The second-order valence-corrected chi connectivity index (χ2v) is 6.68. The van der Waals surface area contributed by atoms with E-state index < -0.39 is 0 Å². The maximum Gasteiger partial charge on any atom is 0.0775 e. The number of hydrogen-bond donors (Lipinski definition) is 1. The molecule has 3 aliphatic carbocycles. The van der Waals surface area contributed by atoms with Crippen molar-refractivity contribution in [1.82, 2.24) is 4.90 Å². The molecule has 3 rings (SSSR count).